The van der Waals surface area contributed by atoms with Crippen LogP contribution >= 0.6 is 0 Å². The topological polar surface area (TPSA) is 68.3 Å². The third-order valence-corrected chi connectivity index (χ3v) is 4.06. The molecule has 1 aromatic carbocycles. The Bertz CT molecular complexity index is 649. The largest absolute Gasteiger partial charge is 0.451 e. The van der Waals surface area contributed by atoms with Gasteiger partial charge < -0.3 is 15.5 Å². The zero-order valence-corrected chi connectivity index (χ0v) is 13.0. The Morgan fingerprint density at radius 1 is 1.27 bits per heavy atom. The van der Waals surface area contributed by atoms with Crippen LogP contribution in [-0.2, 0) is 0 Å². The average molecular weight is 304 g/mol. The summed E-state index contributed by atoms with van der Waals surface area (Å²) in [6.07, 6.45) is 0. The molecule has 1 atom stereocenters. The van der Waals surface area contributed by atoms with Crippen LogP contribution < -0.4 is 11.1 Å². The molecule has 0 saturated heterocycles. The lowest BCUT2D eigenvalue weighted by Crippen LogP contribution is -2.54. The summed E-state index contributed by atoms with van der Waals surface area (Å²) in [4.78, 5) is 12.3. The van der Waals surface area contributed by atoms with Crippen molar-refractivity contribution in [2.75, 3.05) is 6.54 Å². The predicted octanol–water partition coefficient (Wildman–Crippen LogP) is 3.19. The molecule has 0 radical (unpaired) electrons. The number of benzene rings is 1. The molecule has 0 aliphatic heterocycles. The summed E-state index contributed by atoms with van der Waals surface area (Å²) < 4.78 is 18.5. The van der Waals surface area contributed by atoms with E-state index in [2.05, 4.69) is 5.32 Å². The van der Waals surface area contributed by atoms with Gasteiger partial charge in [-0.15, -0.1) is 0 Å². The number of carbonyl (C=O) groups excluding carboxylic acids is 1. The molecule has 3 N–H and O–H groups in total. The van der Waals surface area contributed by atoms with E-state index in [-0.39, 0.29) is 23.4 Å². The molecule has 118 valence electrons. The molecule has 1 aromatic heterocycles. The maximum absolute atomic E-state index is 12.9. The van der Waals surface area contributed by atoms with E-state index in [9.17, 15) is 9.18 Å². The summed E-state index contributed by atoms with van der Waals surface area (Å²) in [5.41, 5.74) is 5.98. The van der Waals surface area contributed by atoms with Gasteiger partial charge in [0.2, 0.25) is 0 Å². The van der Waals surface area contributed by atoms with Gasteiger partial charge in [-0.2, -0.15) is 0 Å². The van der Waals surface area contributed by atoms with E-state index in [1.165, 1.54) is 12.1 Å². The zero-order valence-electron chi connectivity index (χ0n) is 13.0. The van der Waals surface area contributed by atoms with Gasteiger partial charge in [-0.05, 0) is 49.2 Å². The molecule has 1 heterocycles. The number of hydrogen-bond acceptors (Lipinski definition) is 3. The molecule has 1 amide bonds. The van der Waals surface area contributed by atoms with E-state index < -0.39 is 5.54 Å². The van der Waals surface area contributed by atoms with Crippen LogP contribution in [0.25, 0.3) is 11.3 Å². The highest BCUT2D eigenvalue weighted by Gasteiger charge is 2.29. The maximum Gasteiger partial charge on any atom is 0.287 e. The Kier molecular flexibility index (Phi) is 4.66. The van der Waals surface area contributed by atoms with E-state index >= 15 is 0 Å². The molecule has 0 aliphatic rings. The van der Waals surface area contributed by atoms with Gasteiger partial charge in [0.05, 0.1) is 5.54 Å². The van der Waals surface area contributed by atoms with Crippen LogP contribution in [0.15, 0.2) is 40.8 Å². The van der Waals surface area contributed by atoms with Crippen LogP contribution in [-0.4, -0.2) is 18.0 Å². The van der Waals surface area contributed by atoms with Crippen LogP contribution in [0.3, 0.4) is 0 Å². The Balaban J connectivity index is 2.17. The quantitative estimate of drug-likeness (QED) is 0.891. The molecule has 0 spiro atoms. The van der Waals surface area contributed by atoms with Crippen LogP contribution in [0, 0.1) is 11.7 Å². The van der Waals surface area contributed by atoms with Gasteiger partial charge in [0, 0.05) is 12.1 Å². The molecule has 5 heteroatoms. The first kappa shape index (κ1) is 16.2. The lowest BCUT2D eigenvalue weighted by Gasteiger charge is -2.33. The number of amides is 1. The summed E-state index contributed by atoms with van der Waals surface area (Å²) in [5.74, 6) is 0.288. The van der Waals surface area contributed by atoms with Gasteiger partial charge in [-0.3, -0.25) is 4.79 Å². The van der Waals surface area contributed by atoms with Crippen LogP contribution in [0.5, 0.6) is 0 Å². The fraction of sp³-hybridized carbons (Fsp3) is 0.353. The average Bonchev–Trinajstić information content (AvgIpc) is 2.97. The minimum atomic E-state index is -0.500. The molecule has 1 unspecified atom stereocenters. The first-order chi connectivity index (χ1) is 10.4. The molecule has 22 heavy (non-hydrogen) atoms. The monoisotopic (exact) mass is 304 g/mol. The molecule has 0 aliphatic carbocycles. The Hall–Kier alpha value is -2.14. The molecule has 4 nitrogen and oxygen atoms in total. The second kappa shape index (κ2) is 6.32. The number of nitrogens with two attached hydrogens (primary N) is 1. The Morgan fingerprint density at radius 2 is 1.91 bits per heavy atom. The highest BCUT2D eigenvalue weighted by Crippen LogP contribution is 2.23. The van der Waals surface area contributed by atoms with E-state index in [1.54, 1.807) is 24.3 Å². The summed E-state index contributed by atoms with van der Waals surface area (Å²) in [6, 6.07) is 9.20. The minimum Gasteiger partial charge on any atom is -0.451 e. The van der Waals surface area contributed by atoms with E-state index in [0.717, 1.165) is 0 Å². The van der Waals surface area contributed by atoms with Crippen molar-refractivity contribution in [2.24, 2.45) is 11.7 Å². The number of halogens is 1. The number of nitrogens with one attached hydrogen (secondary N) is 1. The standard InChI is InChI=1S/C17H21FN2O2/c1-11(2)17(3,10-19)20-16(21)15-9-8-14(22-15)12-4-6-13(18)7-5-12/h4-9,11H,10,19H2,1-3H3,(H,20,21). The van der Waals surface area contributed by atoms with Gasteiger partial charge in [0.25, 0.3) is 5.91 Å². The molecule has 0 saturated carbocycles. The normalized spacial score (nSPS) is 13.9. The van der Waals surface area contributed by atoms with Gasteiger partial charge in [-0.1, -0.05) is 13.8 Å². The number of carbonyl (C=O) groups is 1. The van der Waals surface area contributed by atoms with Crippen LogP contribution in [0.2, 0.25) is 0 Å². The number of furan rings is 1. The van der Waals surface area contributed by atoms with Crippen molar-refractivity contribution in [1.82, 2.24) is 5.32 Å². The molecule has 0 bridgehead atoms. The fourth-order valence-electron chi connectivity index (χ4n) is 1.98. The van der Waals surface area contributed by atoms with Crippen molar-refractivity contribution in [1.29, 1.82) is 0 Å². The van der Waals surface area contributed by atoms with Gasteiger partial charge in [0.15, 0.2) is 5.76 Å². The highest BCUT2D eigenvalue weighted by molar-refractivity contribution is 5.92. The zero-order chi connectivity index (χ0) is 16.3. The van der Waals surface area contributed by atoms with Crippen LogP contribution in [0.4, 0.5) is 4.39 Å². The second-order valence-corrected chi connectivity index (χ2v) is 5.90. The van der Waals surface area contributed by atoms with Gasteiger partial charge in [-0.25, -0.2) is 4.39 Å². The molecular weight excluding hydrogens is 283 g/mol. The summed E-state index contributed by atoms with van der Waals surface area (Å²) in [5, 5.41) is 2.92. The predicted molar refractivity (Wildman–Crippen MR) is 83.9 cm³/mol. The van der Waals surface area contributed by atoms with E-state index in [1.807, 2.05) is 20.8 Å². The number of rotatable bonds is 5. The van der Waals surface area contributed by atoms with E-state index in [4.69, 9.17) is 10.2 Å². The summed E-state index contributed by atoms with van der Waals surface area (Å²) >= 11 is 0. The van der Waals surface area contributed by atoms with Crippen molar-refractivity contribution in [3.05, 3.63) is 48.0 Å². The molecular formula is C17H21FN2O2. The van der Waals surface area contributed by atoms with Crippen LogP contribution in [0.1, 0.15) is 31.3 Å². The summed E-state index contributed by atoms with van der Waals surface area (Å²) in [7, 11) is 0. The maximum atomic E-state index is 12.9. The van der Waals surface area contributed by atoms with Gasteiger partial charge in [0.1, 0.15) is 11.6 Å². The lowest BCUT2D eigenvalue weighted by molar-refractivity contribution is 0.0855. The third-order valence-electron chi connectivity index (χ3n) is 4.06. The second-order valence-electron chi connectivity index (χ2n) is 5.90. The van der Waals surface area contributed by atoms with Crippen molar-refractivity contribution in [3.8, 4) is 11.3 Å². The first-order valence-corrected chi connectivity index (χ1v) is 7.24. The Labute approximate surface area is 129 Å². The van der Waals surface area contributed by atoms with Crippen molar-refractivity contribution < 1.29 is 13.6 Å². The lowest BCUT2D eigenvalue weighted by atomic mass is 9.88. The Morgan fingerprint density at radius 3 is 2.45 bits per heavy atom. The minimum absolute atomic E-state index is 0.188. The SMILES string of the molecule is CC(C)C(C)(CN)NC(=O)c1ccc(-c2ccc(F)cc2)o1. The molecule has 0 fully saturated rings. The highest BCUT2D eigenvalue weighted by atomic mass is 19.1. The van der Waals surface area contributed by atoms with Crippen molar-refractivity contribution >= 4 is 5.91 Å². The number of hydrogen-bond donors (Lipinski definition) is 2. The third kappa shape index (κ3) is 3.36. The van der Waals surface area contributed by atoms with Gasteiger partial charge >= 0.3 is 0 Å². The van der Waals surface area contributed by atoms with Crippen molar-refractivity contribution in [3.63, 3.8) is 0 Å². The summed E-state index contributed by atoms with van der Waals surface area (Å²) in [6.45, 7) is 6.24. The first-order valence-electron chi connectivity index (χ1n) is 7.24. The molecule has 2 rings (SSSR count). The van der Waals surface area contributed by atoms with E-state index in [0.29, 0.717) is 17.9 Å². The van der Waals surface area contributed by atoms with Crippen molar-refractivity contribution in [2.45, 2.75) is 26.3 Å². The smallest absolute Gasteiger partial charge is 0.287 e. The molecule has 2 aromatic rings. The fourth-order valence-corrected chi connectivity index (χ4v) is 1.98.